The summed E-state index contributed by atoms with van der Waals surface area (Å²) in [6.07, 6.45) is 5.22. The molecule has 0 amide bonds. The minimum atomic E-state index is 0.517. The van der Waals surface area contributed by atoms with Crippen LogP contribution in [-0.2, 0) is 6.54 Å². The van der Waals surface area contributed by atoms with Crippen molar-refractivity contribution < 1.29 is 0 Å². The van der Waals surface area contributed by atoms with E-state index in [1.807, 2.05) is 4.68 Å². The second kappa shape index (κ2) is 6.53. The summed E-state index contributed by atoms with van der Waals surface area (Å²) in [5.41, 5.74) is 0.593. The van der Waals surface area contributed by atoms with Crippen molar-refractivity contribution in [2.24, 2.45) is 5.92 Å². The summed E-state index contributed by atoms with van der Waals surface area (Å²) in [7, 11) is 0. The highest BCUT2D eigenvalue weighted by atomic mass is 15.6. The van der Waals surface area contributed by atoms with Gasteiger partial charge in [-0.15, -0.1) is 5.10 Å². The fourth-order valence-corrected chi connectivity index (χ4v) is 3.22. The molecule has 1 atom stereocenters. The fraction of sp³-hybridized carbons (Fsp3) is 0.562. The summed E-state index contributed by atoms with van der Waals surface area (Å²) in [6, 6.07) is 6.26. The van der Waals surface area contributed by atoms with Crippen molar-refractivity contribution >= 4 is 5.82 Å². The van der Waals surface area contributed by atoms with Crippen molar-refractivity contribution in [3.8, 4) is 6.07 Å². The van der Waals surface area contributed by atoms with E-state index in [2.05, 4.69) is 36.8 Å². The van der Waals surface area contributed by atoms with Crippen LogP contribution in [0.1, 0.15) is 36.7 Å². The lowest BCUT2D eigenvalue weighted by molar-refractivity contribution is 0.302. The number of anilines is 1. The Labute approximate surface area is 140 Å². The Morgan fingerprint density at radius 2 is 2.25 bits per heavy atom. The molecule has 0 radical (unpaired) electrons. The average molecular weight is 324 g/mol. The van der Waals surface area contributed by atoms with Gasteiger partial charge in [0, 0.05) is 19.3 Å². The summed E-state index contributed by atoms with van der Waals surface area (Å²) in [5, 5.41) is 24.5. The molecular weight excluding hydrogens is 304 g/mol. The van der Waals surface area contributed by atoms with Crippen molar-refractivity contribution in [3.05, 3.63) is 29.7 Å². The van der Waals surface area contributed by atoms with Gasteiger partial charge in [-0.1, -0.05) is 0 Å². The average Bonchev–Trinajstić information content (AvgIpc) is 3.19. The van der Waals surface area contributed by atoms with E-state index in [0.29, 0.717) is 23.3 Å². The maximum atomic E-state index is 9.11. The summed E-state index contributed by atoms with van der Waals surface area (Å²) >= 11 is 0. The maximum Gasteiger partial charge on any atom is 0.165 e. The van der Waals surface area contributed by atoms with E-state index in [9.17, 15) is 0 Å². The van der Waals surface area contributed by atoms with E-state index < -0.39 is 0 Å². The third-order valence-corrected chi connectivity index (χ3v) is 4.68. The van der Waals surface area contributed by atoms with E-state index in [0.717, 1.165) is 38.4 Å². The van der Waals surface area contributed by atoms with Crippen molar-refractivity contribution in [2.75, 3.05) is 25.0 Å². The van der Waals surface area contributed by atoms with Gasteiger partial charge in [0.1, 0.15) is 11.9 Å². The van der Waals surface area contributed by atoms with Crippen LogP contribution in [0.3, 0.4) is 0 Å². The minimum absolute atomic E-state index is 0.517. The molecule has 1 aliphatic carbocycles. The Hall–Kier alpha value is -2.53. The van der Waals surface area contributed by atoms with E-state index in [-0.39, 0.29) is 0 Å². The molecule has 2 aromatic heterocycles. The maximum absolute atomic E-state index is 9.11. The summed E-state index contributed by atoms with van der Waals surface area (Å²) < 4.78 is 1.98. The van der Waals surface area contributed by atoms with E-state index in [1.165, 1.54) is 12.8 Å². The molecule has 0 spiro atoms. The van der Waals surface area contributed by atoms with E-state index in [4.69, 9.17) is 5.26 Å². The molecular formula is C16H20N8. The van der Waals surface area contributed by atoms with Crippen molar-refractivity contribution in [2.45, 2.75) is 31.8 Å². The molecule has 0 bridgehead atoms. The number of hydrogen-bond acceptors (Lipinski definition) is 7. The third-order valence-electron chi connectivity index (χ3n) is 4.68. The van der Waals surface area contributed by atoms with Gasteiger partial charge in [-0.2, -0.15) is 5.26 Å². The van der Waals surface area contributed by atoms with Crippen LogP contribution in [0.25, 0.3) is 0 Å². The fourth-order valence-electron chi connectivity index (χ4n) is 3.22. The lowest BCUT2D eigenvalue weighted by Crippen LogP contribution is -2.24. The Bertz CT molecular complexity index is 745. The van der Waals surface area contributed by atoms with Crippen LogP contribution >= 0.6 is 0 Å². The van der Waals surface area contributed by atoms with Crippen LogP contribution in [0.2, 0.25) is 0 Å². The van der Waals surface area contributed by atoms with Gasteiger partial charge < -0.3 is 5.32 Å². The predicted molar refractivity (Wildman–Crippen MR) is 86.9 cm³/mol. The number of tetrazole rings is 1. The highest BCUT2D eigenvalue weighted by Gasteiger charge is 2.30. The standard InChI is InChI=1S/C16H20N8/c17-8-13-2-1-6-18-16(13)19-9-12-5-7-23(10-12)11-15-20-21-22-24(15)14-3-4-14/h1-2,6,12,14H,3-5,7,9-11H2,(H,18,19)/t12-/m0/s1. The predicted octanol–water partition coefficient (Wildman–Crippen LogP) is 1.21. The second-order valence-electron chi connectivity index (χ2n) is 6.55. The Morgan fingerprint density at radius 1 is 1.33 bits per heavy atom. The van der Waals surface area contributed by atoms with Gasteiger partial charge in [-0.3, -0.25) is 4.90 Å². The van der Waals surface area contributed by atoms with E-state index >= 15 is 0 Å². The highest BCUT2D eigenvalue weighted by Crippen LogP contribution is 2.34. The molecule has 2 fully saturated rings. The topological polar surface area (TPSA) is 95.6 Å². The molecule has 24 heavy (non-hydrogen) atoms. The molecule has 1 N–H and O–H groups in total. The van der Waals surface area contributed by atoms with Crippen LogP contribution in [0, 0.1) is 17.2 Å². The monoisotopic (exact) mass is 324 g/mol. The van der Waals surface area contributed by atoms with Gasteiger partial charge in [0.25, 0.3) is 0 Å². The molecule has 4 rings (SSSR count). The van der Waals surface area contributed by atoms with Crippen LogP contribution in [0.15, 0.2) is 18.3 Å². The summed E-state index contributed by atoms with van der Waals surface area (Å²) in [4.78, 5) is 6.65. The molecule has 2 aliphatic rings. The molecule has 0 aromatic carbocycles. The number of aromatic nitrogens is 5. The van der Waals surface area contributed by atoms with Gasteiger partial charge in [0.2, 0.25) is 0 Å². The van der Waals surface area contributed by atoms with Crippen molar-refractivity contribution in [3.63, 3.8) is 0 Å². The second-order valence-corrected chi connectivity index (χ2v) is 6.55. The molecule has 0 unspecified atom stereocenters. The zero-order valence-electron chi connectivity index (χ0n) is 13.5. The van der Waals surface area contributed by atoms with Gasteiger partial charge in [-0.25, -0.2) is 9.67 Å². The first-order chi connectivity index (χ1) is 11.8. The zero-order chi connectivity index (χ0) is 16.4. The number of rotatable bonds is 6. The van der Waals surface area contributed by atoms with Crippen LogP contribution in [-0.4, -0.2) is 49.7 Å². The minimum Gasteiger partial charge on any atom is -0.369 e. The first kappa shape index (κ1) is 15.0. The van der Waals surface area contributed by atoms with Gasteiger partial charge in [0.05, 0.1) is 18.2 Å². The van der Waals surface area contributed by atoms with Crippen LogP contribution in [0.5, 0.6) is 0 Å². The highest BCUT2D eigenvalue weighted by molar-refractivity contribution is 5.51. The number of pyridine rings is 1. The molecule has 1 aliphatic heterocycles. The molecule has 1 saturated heterocycles. The number of nitriles is 1. The first-order valence-electron chi connectivity index (χ1n) is 8.41. The summed E-state index contributed by atoms with van der Waals surface area (Å²) in [6.45, 7) is 3.71. The molecule has 124 valence electrons. The van der Waals surface area contributed by atoms with Gasteiger partial charge in [-0.05, 0) is 54.3 Å². The molecule has 1 saturated carbocycles. The van der Waals surface area contributed by atoms with Gasteiger partial charge in [0.15, 0.2) is 5.82 Å². The quantitative estimate of drug-likeness (QED) is 0.853. The van der Waals surface area contributed by atoms with Crippen molar-refractivity contribution in [1.82, 2.24) is 30.1 Å². The van der Waals surface area contributed by atoms with Crippen LogP contribution in [0.4, 0.5) is 5.82 Å². The number of likely N-dealkylation sites (tertiary alicyclic amines) is 1. The lowest BCUT2D eigenvalue weighted by Gasteiger charge is -2.16. The Balaban J connectivity index is 1.30. The normalized spacial score (nSPS) is 20.9. The van der Waals surface area contributed by atoms with Crippen LogP contribution < -0.4 is 5.32 Å². The summed E-state index contributed by atoms with van der Waals surface area (Å²) in [5.74, 6) is 2.20. The Morgan fingerprint density at radius 3 is 3.08 bits per heavy atom. The molecule has 8 nitrogen and oxygen atoms in total. The largest absolute Gasteiger partial charge is 0.369 e. The third kappa shape index (κ3) is 3.21. The zero-order valence-corrected chi connectivity index (χ0v) is 13.5. The van der Waals surface area contributed by atoms with Crippen molar-refractivity contribution in [1.29, 1.82) is 5.26 Å². The van der Waals surface area contributed by atoms with Gasteiger partial charge >= 0.3 is 0 Å². The SMILES string of the molecule is N#Cc1cccnc1NC[C@@H]1CCN(Cc2nnnn2C2CC2)C1. The Kier molecular flexibility index (Phi) is 4.09. The molecule has 8 heteroatoms. The number of nitrogens with zero attached hydrogens (tertiary/aromatic N) is 7. The lowest BCUT2D eigenvalue weighted by atomic mass is 10.1. The first-order valence-corrected chi connectivity index (χ1v) is 8.41. The smallest absolute Gasteiger partial charge is 0.165 e. The number of nitrogens with one attached hydrogen (secondary N) is 1. The van der Waals surface area contributed by atoms with E-state index in [1.54, 1.807) is 18.3 Å². The number of hydrogen-bond donors (Lipinski definition) is 1. The molecule has 2 aromatic rings. The molecule has 3 heterocycles.